The second-order valence-electron chi connectivity index (χ2n) is 9.59. The second kappa shape index (κ2) is 11.8. The van der Waals surface area contributed by atoms with Crippen LogP contribution in [0.25, 0.3) is 0 Å². The summed E-state index contributed by atoms with van der Waals surface area (Å²) in [6, 6.07) is 15.3. The molecule has 1 unspecified atom stereocenters. The van der Waals surface area contributed by atoms with Gasteiger partial charge in [0.2, 0.25) is 0 Å². The molecule has 2 aromatic rings. The van der Waals surface area contributed by atoms with Gasteiger partial charge in [-0.05, 0) is 62.4 Å². The van der Waals surface area contributed by atoms with Crippen molar-refractivity contribution < 1.29 is 28.6 Å². The first-order valence-electron chi connectivity index (χ1n) is 13.2. The molecule has 0 N–H and O–H groups in total. The van der Waals surface area contributed by atoms with Gasteiger partial charge in [-0.15, -0.1) is 0 Å². The summed E-state index contributed by atoms with van der Waals surface area (Å²) in [5.74, 6) is -3.59. The standard InChI is InChI=1S/C31H35NO6/c1-6-19-12-14-20(15-13-19)26-25(30(34)37-7-2)18(4)32-24-17-23(21-10-9-11-22(16-21)36-5)27(29(33)28(24)26)31(35)38-8-3/h9-16,23,26-28H,6-8,17H2,1-5H3/t23-,26-,27+,28?/m1/s1. The lowest BCUT2D eigenvalue weighted by molar-refractivity contribution is -0.153. The Hall–Kier alpha value is -3.74. The predicted octanol–water partition coefficient (Wildman–Crippen LogP) is 5.19. The Morgan fingerprint density at radius 3 is 2.29 bits per heavy atom. The van der Waals surface area contributed by atoms with Crippen LogP contribution in [-0.2, 0) is 30.3 Å². The van der Waals surface area contributed by atoms with E-state index in [0.29, 0.717) is 29.2 Å². The second-order valence-corrected chi connectivity index (χ2v) is 9.59. The maximum absolute atomic E-state index is 14.4. The van der Waals surface area contributed by atoms with Crippen LogP contribution in [0.15, 0.2) is 64.8 Å². The van der Waals surface area contributed by atoms with Gasteiger partial charge in [-0.3, -0.25) is 14.6 Å². The lowest BCUT2D eigenvalue weighted by atomic mass is 9.62. The first kappa shape index (κ1) is 27.3. The molecular weight excluding hydrogens is 482 g/mol. The van der Waals surface area contributed by atoms with Gasteiger partial charge in [0.05, 0.1) is 31.8 Å². The van der Waals surface area contributed by atoms with E-state index in [1.807, 2.05) is 48.5 Å². The number of fused-ring (bicyclic) bond motifs is 1. The van der Waals surface area contributed by atoms with Crippen molar-refractivity contribution in [2.45, 2.75) is 52.4 Å². The number of aryl methyl sites for hydroxylation is 1. The molecule has 0 radical (unpaired) electrons. The summed E-state index contributed by atoms with van der Waals surface area (Å²) >= 11 is 0. The molecule has 4 rings (SSSR count). The van der Waals surface area contributed by atoms with E-state index in [9.17, 15) is 14.4 Å². The Kier molecular flexibility index (Phi) is 8.45. The van der Waals surface area contributed by atoms with Gasteiger partial charge in [0.15, 0.2) is 5.78 Å². The average molecular weight is 518 g/mol. The zero-order valence-corrected chi connectivity index (χ0v) is 22.7. The topological polar surface area (TPSA) is 91.3 Å². The van der Waals surface area contributed by atoms with Gasteiger partial charge in [0.25, 0.3) is 0 Å². The molecule has 0 saturated heterocycles. The third-order valence-corrected chi connectivity index (χ3v) is 7.45. The Bertz CT molecular complexity index is 1280. The van der Waals surface area contributed by atoms with Crippen molar-refractivity contribution in [2.75, 3.05) is 20.3 Å². The summed E-state index contributed by atoms with van der Waals surface area (Å²) in [6.07, 6.45) is 1.25. The number of nitrogens with zero attached hydrogens (tertiary/aromatic N) is 1. The highest BCUT2D eigenvalue weighted by Gasteiger charge is 2.53. The number of aliphatic imine (C=N–C) groups is 1. The molecule has 1 fully saturated rings. The summed E-state index contributed by atoms with van der Waals surface area (Å²) in [4.78, 5) is 45.7. The zero-order chi connectivity index (χ0) is 27.4. The van der Waals surface area contributed by atoms with E-state index in [-0.39, 0.29) is 19.0 Å². The summed E-state index contributed by atoms with van der Waals surface area (Å²) in [6.45, 7) is 7.69. The van der Waals surface area contributed by atoms with Gasteiger partial charge in [-0.1, -0.05) is 43.3 Å². The Morgan fingerprint density at radius 1 is 0.947 bits per heavy atom. The monoisotopic (exact) mass is 517 g/mol. The van der Waals surface area contributed by atoms with E-state index < -0.39 is 35.6 Å². The van der Waals surface area contributed by atoms with E-state index in [0.717, 1.165) is 23.1 Å². The molecule has 200 valence electrons. The van der Waals surface area contributed by atoms with Gasteiger partial charge in [0, 0.05) is 23.2 Å². The number of allylic oxidation sites excluding steroid dienone is 1. The number of Topliss-reactive ketones (excluding diaryl/α,β-unsaturated/α-hetero) is 1. The SMILES string of the molecule is CCOC(=O)C1=C(C)N=C2C[C@H](c3cccc(OC)c3)[C@H](C(=O)OCC)C(=O)C2[C@@H]1c1ccc(CC)cc1. The maximum atomic E-state index is 14.4. The Labute approximate surface area is 223 Å². The third-order valence-electron chi connectivity index (χ3n) is 7.45. The summed E-state index contributed by atoms with van der Waals surface area (Å²) in [7, 11) is 1.58. The molecule has 1 saturated carbocycles. The minimum atomic E-state index is -1.04. The van der Waals surface area contributed by atoms with Crippen molar-refractivity contribution in [1.82, 2.24) is 0 Å². The van der Waals surface area contributed by atoms with Crippen LogP contribution in [0, 0.1) is 11.8 Å². The number of hydrogen-bond acceptors (Lipinski definition) is 7. The Morgan fingerprint density at radius 2 is 1.66 bits per heavy atom. The molecule has 0 bridgehead atoms. The number of carbonyl (C=O) groups excluding carboxylic acids is 3. The van der Waals surface area contributed by atoms with E-state index in [4.69, 9.17) is 19.2 Å². The lowest BCUT2D eigenvalue weighted by Gasteiger charge is -2.41. The van der Waals surface area contributed by atoms with Gasteiger partial charge < -0.3 is 14.2 Å². The van der Waals surface area contributed by atoms with Crippen LogP contribution in [0.2, 0.25) is 0 Å². The smallest absolute Gasteiger partial charge is 0.336 e. The third kappa shape index (κ3) is 5.15. The molecule has 38 heavy (non-hydrogen) atoms. The molecule has 1 aliphatic carbocycles. The predicted molar refractivity (Wildman–Crippen MR) is 144 cm³/mol. The summed E-state index contributed by atoms with van der Waals surface area (Å²) < 4.78 is 16.2. The molecule has 2 aliphatic rings. The van der Waals surface area contributed by atoms with Gasteiger partial charge >= 0.3 is 11.9 Å². The van der Waals surface area contributed by atoms with Crippen LogP contribution in [0.3, 0.4) is 0 Å². The molecule has 7 heteroatoms. The molecule has 0 spiro atoms. The average Bonchev–Trinajstić information content (AvgIpc) is 2.92. The number of hydrogen-bond donors (Lipinski definition) is 0. The van der Waals surface area contributed by atoms with Gasteiger partial charge in [0.1, 0.15) is 11.7 Å². The minimum absolute atomic E-state index is 0.161. The van der Waals surface area contributed by atoms with Crippen molar-refractivity contribution in [3.63, 3.8) is 0 Å². The van der Waals surface area contributed by atoms with Crippen LogP contribution in [0.5, 0.6) is 5.75 Å². The number of esters is 2. The highest BCUT2D eigenvalue weighted by Crippen LogP contribution is 2.48. The van der Waals surface area contributed by atoms with Gasteiger partial charge in [-0.2, -0.15) is 0 Å². The largest absolute Gasteiger partial charge is 0.497 e. The van der Waals surface area contributed by atoms with Crippen molar-refractivity contribution in [1.29, 1.82) is 0 Å². The van der Waals surface area contributed by atoms with Crippen molar-refractivity contribution in [3.05, 3.63) is 76.5 Å². The van der Waals surface area contributed by atoms with Crippen LogP contribution >= 0.6 is 0 Å². The van der Waals surface area contributed by atoms with Crippen LogP contribution in [0.4, 0.5) is 0 Å². The molecule has 0 amide bonds. The Balaban J connectivity index is 1.88. The quantitative estimate of drug-likeness (QED) is 0.354. The van der Waals surface area contributed by atoms with E-state index in [1.165, 1.54) is 0 Å². The number of methoxy groups -OCH3 is 1. The fourth-order valence-corrected chi connectivity index (χ4v) is 5.66. The summed E-state index contributed by atoms with van der Waals surface area (Å²) in [5, 5.41) is 0. The molecule has 1 heterocycles. The van der Waals surface area contributed by atoms with Gasteiger partial charge in [-0.25, -0.2) is 4.79 Å². The zero-order valence-electron chi connectivity index (χ0n) is 22.7. The van der Waals surface area contributed by atoms with Crippen LogP contribution in [-0.4, -0.2) is 43.8 Å². The van der Waals surface area contributed by atoms with Crippen LogP contribution in [0.1, 0.15) is 62.6 Å². The van der Waals surface area contributed by atoms with E-state index in [1.54, 1.807) is 27.9 Å². The number of carbonyl (C=O) groups is 3. The number of benzene rings is 2. The number of rotatable bonds is 8. The van der Waals surface area contributed by atoms with E-state index >= 15 is 0 Å². The normalized spacial score (nSPS) is 22.9. The number of ether oxygens (including phenoxy) is 3. The summed E-state index contributed by atoms with van der Waals surface area (Å²) in [5.41, 5.74) is 4.33. The molecule has 4 atom stereocenters. The highest BCUT2D eigenvalue weighted by atomic mass is 16.5. The number of ketones is 1. The fraction of sp³-hybridized carbons (Fsp3) is 0.419. The fourth-order valence-electron chi connectivity index (χ4n) is 5.66. The first-order valence-corrected chi connectivity index (χ1v) is 13.2. The van der Waals surface area contributed by atoms with E-state index in [2.05, 4.69) is 6.92 Å². The van der Waals surface area contributed by atoms with Crippen molar-refractivity contribution in [2.24, 2.45) is 16.8 Å². The molecular formula is C31H35NO6. The van der Waals surface area contributed by atoms with Crippen LogP contribution < -0.4 is 4.74 Å². The first-order chi connectivity index (χ1) is 18.3. The molecule has 7 nitrogen and oxygen atoms in total. The van der Waals surface area contributed by atoms with Crippen molar-refractivity contribution in [3.8, 4) is 5.75 Å². The molecule has 1 aliphatic heterocycles. The molecule has 0 aromatic heterocycles. The molecule has 2 aromatic carbocycles. The maximum Gasteiger partial charge on any atom is 0.336 e. The van der Waals surface area contributed by atoms with Crippen molar-refractivity contribution >= 4 is 23.4 Å². The minimum Gasteiger partial charge on any atom is -0.497 e. The highest BCUT2D eigenvalue weighted by molar-refractivity contribution is 6.17. The lowest BCUT2D eigenvalue weighted by Crippen LogP contribution is -2.48.